The van der Waals surface area contributed by atoms with Crippen molar-refractivity contribution in [2.45, 2.75) is 0 Å². The SMILES string of the molecule is ClC1=C=C=C(Cl)C(Br)=C1. The van der Waals surface area contributed by atoms with Crippen molar-refractivity contribution < 1.29 is 0 Å². The van der Waals surface area contributed by atoms with Crippen LogP contribution in [-0.2, 0) is 0 Å². The molecule has 0 aromatic heterocycles. The minimum Gasteiger partial charge on any atom is -0.0744 e. The summed E-state index contributed by atoms with van der Waals surface area (Å²) < 4.78 is 0.743. The summed E-state index contributed by atoms with van der Waals surface area (Å²) in [5.41, 5.74) is 5.25. The van der Waals surface area contributed by atoms with Crippen LogP contribution in [-0.4, -0.2) is 0 Å². The predicted molar refractivity (Wildman–Crippen MR) is 42.8 cm³/mol. The summed E-state index contributed by atoms with van der Waals surface area (Å²) in [5, 5.41) is 1.01. The third kappa shape index (κ3) is 1.76. The molecule has 0 fully saturated rings. The van der Waals surface area contributed by atoms with Crippen LogP contribution in [0.25, 0.3) is 0 Å². The predicted octanol–water partition coefficient (Wildman–Crippen LogP) is 3.28. The smallest absolute Gasteiger partial charge is 0.0744 e. The lowest BCUT2D eigenvalue weighted by atomic mass is 10.4. The first-order valence-corrected chi connectivity index (χ1v) is 3.69. The van der Waals surface area contributed by atoms with E-state index in [1.165, 1.54) is 0 Å². The largest absolute Gasteiger partial charge is 0.105 e. The first-order chi connectivity index (χ1) is 4.20. The Bertz CT molecular complexity index is 263. The quantitative estimate of drug-likeness (QED) is 0.553. The Kier molecular flexibility index (Phi) is 2.23. The summed E-state index contributed by atoms with van der Waals surface area (Å²) in [7, 11) is 0. The average Bonchev–Trinajstić information content (AvgIpc) is 1.80. The van der Waals surface area contributed by atoms with Crippen LogP contribution in [0.2, 0.25) is 0 Å². The second kappa shape index (κ2) is 2.79. The summed E-state index contributed by atoms with van der Waals surface area (Å²) >= 11 is 14.3. The molecule has 1 aliphatic rings. The lowest BCUT2D eigenvalue weighted by Gasteiger charge is -1.93. The van der Waals surface area contributed by atoms with Gasteiger partial charge in [0.25, 0.3) is 0 Å². The Morgan fingerprint density at radius 3 is 2.44 bits per heavy atom. The van der Waals surface area contributed by atoms with Gasteiger partial charge in [-0.05, 0) is 33.5 Å². The zero-order chi connectivity index (χ0) is 6.85. The molecule has 0 amide bonds. The zero-order valence-electron chi connectivity index (χ0n) is 4.21. The van der Waals surface area contributed by atoms with E-state index < -0.39 is 0 Å². The van der Waals surface area contributed by atoms with Crippen LogP contribution in [0.15, 0.2) is 32.1 Å². The molecule has 0 heterocycles. The van der Waals surface area contributed by atoms with E-state index in [4.69, 9.17) is 23.2 Å². The maximum absolute atomic E-state index is 5.59. The van der Waals surface area contributed by atoms with E-state index in [1.54, 1.807) is 6.08 Å². The Hall–Kier alpha value is 0.1000. The van der Waals surface area contributed by atoms with E-state index in [-0.39, 0.29) is 0 Å². The fourth-order valence-corrected chi connectivity index (χ4v) is 1.10. The van der Waals surface area contributed by atoms with Crippen molar-refractivity contribution in [1.29, 1.82) is 0 Å². The Labute approximate surface area is 71.3 Å². The Morgan fingerprint density at radius 2 is 2.00 bits per heavy atom. The highest BCUT2D eigenvalue weighted by atomic mass is 79.9. The minimum absolute atomic E-state index is 0.499. The van der Waals surface area contributed by atoms with Gasteiger partial charge in [0.2, 0.25) is 0 Å². The summed E-state index contributed by atoms with van der Waals surface area (Å²) in [4.78, 5) is 0. The van der Waals surface area contributed by atoms with Crippen LogP contribution in [0.4, 0.5) is 0 Å². The van der Waals surface area contributed by atoms with Gasteiger partial charge in [-0.3, -0.25) is 0 Å². The van der Waals surface area contributed by atoms with E-state index in [2.05, 4.69) is 27.4 Å². The molecule has 0 aromatic rings. The number of hydrogen-bond acceptors (Lipinski definition) is 0. The molecule has 3 heteroatoms. The molecular weight excluding hydrogens is 223 g/mol. The van der Waals surface area contributed by atoms with Gasteiger partial charge in [-0.15, -0.1) is 0 Å². The molecule has 1 rings (SSSR count). The fourth-order valence-electron chi connectivity index (χ4n) is 0.385. The highest BCUT2D eigenvalue weighted by Crippen LogP contribution is 2.24. The van der Waals surface area contributed by atoms with Gasteiger partial charge < -0.3 is 0 Å². The van der Waals surface area contributed by atoms with E-state index in [9.17, 15) is 0 Å². The first-order valence-electron chi connectivity index (χ1n) is 2.14. The van der Waals surface area contributed by atoms with Crippen molar-refractivity contribution in [1.82, 2.24) is 0 Å². The molecule has 9 heavy (non-hydrogen) atoms. The van der Waals surface area contributed by atoms with E-state index in [0.717, 1.165) is 4.48 Å². The maximum Gasteiger partial charge on any atom is 0.105 e. The summed E-state index contributed by atoms with van der Waals surface area (Å²) in [6.45, 7) is 0. The lowest BCUT2D eigenvalue weighted by molar-refractivity contribution is 1.76. The Morgan fingerprint density at radius 1 is 1.33 bits per heavy atom. The van der Waals surface area contributed by atoms with E-state index in [1.807, 2.05) is 0 Å². The zero-order valence-corrected chi connectivity index (χ0v) is 7.31. The lowest BCUT2D eigenvalue weighted by Crippen LogP contribution is -1.73. The van der Waals surface area contributed by atoms with Crippen molar-refractivity contribution >= 4 is 39.1 Å². The molecule has 0 radical (unpaired) electrons. The maximum atomic E-state index is 5.59. The highest BCUT2D eigenvalue weighted by Gasteiger charge is 1.99. The highest BCUT2D eigenvalue weighted by molar-refractivity contribution is 9.12. The van der Waals surface area contributed by atoms with Gasteiger partial charge in [-0.1, -0.05) is 23.2 Å². The molecular formula is C6HBrCl2. The molecule has 0 N–H and O–H groups in total. The molecule has 0 aromatic carbocycles. The third-order valence-corrected chi connectivity index (χ3v) is 2.11. The number of rotatable bonds is 0. The molecule has 0 spiro atoms. The van der Waals surface area contributed by atoms with Gasteiger partial charge in [-0.2, -0.15) is 0 Å². The van der Waals surface area contributed by atoms with Gasteiger partial charge in [-0.25, -0.2) is 0 Å². The van der Waals surface area contributed by atoms with Crippen molar-refractivity contribution in [3.8, 4) is 0 Å². The molecule has 1 aliphatic carbocycles. The summed E-state index contributed by atoms with van der Waals surface area (Å²) in [6, 6.07) is 0. The van der Waals surface area contributed by atoms with Crippen LogP contribution in [0.3, 0.4) is 0 Å². The Balaban J connectivity index is 3.23. The molecule has 0 saturated heterocycles. The number of hydrogen-bond donors (Lipinski definition) is 0. The van der Waals surface area contributed by atoms with Crippen molar-refractivity contribution in [3.63, 3.8) is 0 Å². The molecule has 0 saturated carbocycles. The minimum atomic E-state index is 0.499. The molecule has 0 nitrogen and oxygen atoms in total. The van der Waals surface area contributed by atoms with E-state index >= 15 is 0 Å². The molecule has 0 aliphatic heterocycles. The second-order valence-electron chi connectivity index (χ2n) is 1.40. The molecule has 0 unspecified atom stereocenters. The van der Waals surface area contributed by atoms with Gasteiger partial charge in [0.05, 0.1) is 5.03 Å². The van der Waals surface area contributed by atoms with Crippen LogP contribution in [0, 0.1) is 0 Å². The number of allylic oxidation sites excluding steroid dienone is 4. The normalized spacial score (nSPS) is 16.6. The van der Waals surface area contributed by atoms with Gasteiger partial charge in [0.1, 0.15) is 5.03 Å². The summed E-state index contributed by atoms with van der Waals surface area (Å²) in [5.74, 6) is 0. The van der Waals surface area contributed by atoms with Crippen LogP contribution in [0.1, 0.15) is 0 Å². The molecule has 0 bridgehead atoms. The topological polar surface area (TPSA) is 0 Å². The number of halogens is 3. The summed E-state index contributed by atoms with van der Waals surface area (Å²) in [6.07, 6.45) is 1.67. The molecule has 46 valence electrons. The third-order valence-electron chi connectivity index (χ3n) is 0.755. The van der Waals surface area contributed by atoms with Gasteiger partial charge >= 0.3 is 0 Å². The van der Waals surface area contributed by atoms with Crippen molar-refractivity contribution in [3.05, 3.63) is 32.1 Å². The van der Waals surface area contributed by atoms with Crippen LogP contribution < -0.4 is 0 Å². The standard InChI is InChI=1S/C6HBrCl2/c7-5-3-4(8)1-2-6(5)9/h3H. The van der Waals surface area contributed by atoms with E-state index in [0.29, 0.717) is 10.1 Å². The second-order valence-corrected chi connectivity index (χ2v) is 3.04. The van der Waals surface area contributed by atoms with Crippen molar-refractivity contribution in [2.24, 2.45) is 0 Å². The van der Waals surface area contributed by atoms with Crippen molar-refractivity contribution in [2.75, 3.05) is 0 Å². The van der Waals surface area contributed by atoms with Gasteiger partial charge in [0.15, 0.2) is 0 Å². The molecule has 0 atom stereocenters. The average molecular weight is 224 g/mol. The van der Waals surface area contributed by atoms with Crippen LogP contribution >= 0.6 is 39.1 Å². The fraction of sp³-hybridized carbons (Fsp3) is 0. The monoisotopic (exact) mass is 222 g/mol. The van der Waals surface area contributed by atoms with Crippen LogP contribution in [0.5, 0.6) is 0 Å². The van der Waals surface area contributed by atoms with Gasteiger partial charge in [0, 0.05) is 4.48 Å². The first kappa shape index (κ1) is 7.21.